The minimum absolute atomic E-state index is 0.208. The van der Waals surface area contributed by atoms with E-state index in [0.29, 0.717) is 19.3 Å². The summed E-state index contributed by atoms with van der Waals surface area (Å²) in [5, 5.41) is 6.27. The summed E-state index contributed by atoms with van der Waals surface area (Å²) in [4.78, 5) is 11.9. The van der Waals surface area contributed by atoms with Gasteiger partial charge in [-0.2, -0.15) is 0 Å². The van der Waals surface area contributed by atoms with Gasteiger partial charge in [-0.05, 0) is 62.4 Å². The first-order valence-corrected chi connectivity index (χ1v) is 9.01. The Bertz CT molecular complexity index is 900. The fraction of sp³-hybridized carbons (Fsp3) is 0.381. The van der Waals surface area contributed by atoms with Crippen molar-refractivity contribution in [2.75, 3.05) is 20.3 Å². The molecule has 1 unspecified atom stereocenters. The second-order valence-electron chi connectivity index (χ2n) is 6.39. The van der Waals surface area contributed by atoms with Crippen molar-refractivity contribution in [2.45, 2.75) is 32.7 Å². The third kappa shape index (κ3) is 3.99. The lowest BCUT2D eigenvalue weighted by Gasteiger charge is -2.12. The van der Waals surface area contributed by atoms with Crippen molar-refractivity contribution in [1.82, 2.24) is 5.32 Å². The molecule has 3 rings (SSSR count). The number of carbonyl (C=O) groups excluding carboxylic acids is 1. The van der Waals surface area contributed by atoms with Crippen molar-refractivity contribution in [3.63, 3.8) is 0 Å². The number of hydrogen-bond donors (Lipinski definition) is 1. The third-order valence-electron chi connectivity index (χ3n) is 4.55. The highest BCUT2D eigenvalue weighted by Crippen LogP contribution is 2.32. The summed E-state index contributed by atoms with van der Waals surface area (Å²) in [6.45, 7) is 4.97. The summed E-state index contributed by atoms with van der Waals surface area (Å²) in [7, 11) is 1.95. The van der Waals surface area contributed by atoms with Crippen LogP contribution in [0.4, 0.5) is 0 Å². The Kier molecular flexibility index (Phi) is 5.78. The van der Waals surface area contributed by atoms with E-state index < -0.39 is 0 Å². The Morgan fingerprint density at radius 2 is 2.12 bits per heavy atom. The molecule has 0 aliphatic rings. The van der Waals surface area contributed by atoms with Gasteiger partial charge in [-0.15, -0.1) is 0 Å². The van der Waals surface area contributed by atoms with Crippen molar-refractivity contribution >= 4 is 27.7 Å². The lowest BCUT2D eigenvalue weighted by molar-refractivity contribution is -0.142. The second-order valence-corrected chi connectivity index (χ2v) is 6.39. The van der Waals surface area contributed by atoms with Crippen molar-refractivity contribution in [2.24, 2.45) is 0 Å². The van der Waals surface area contributed by atoms with Gasteiger partial charge in [-0.25, -0.2) is 0 Å². The molecule has 0 fully saturated rings. The van der Waals surface area contributed by atoms with Gasteiger partial charge in [0.15, 0.2) is 0 Å². The highest BCUT2D eigenvalue weighted by Gasteiger charge is 2.14. The van der Waals surface area contributed by atoms with Gasteiger partial charge in [-0.1, -0.05) is 6.07 Å². The first-order valence-electron chi connectivity index (χ1n) is 9.01. The van der Waals surface area contributed by atoms with E-state index in [4.69, 9.17) is 13.9 Å². The second kappa shape index (κ2) is 8.23. The topological polar surface area (TPSA) is 60.7 Å². The predicted molar refractivity (Wildman–Crippen MR) is 103 cm³/mol. The fourth-order valence-electron chi connectivity index (χ4n) is 3.00. The number of ether oxygens (including phenoxy) is 2. The first kappa shape index (κ1) is 18.3. The fourth-order valence-corrected chi connectivity index (χ4v) is 3.00. The van der Waals surface area contributed by atoms with E-state index in [1.54, 1.807) is 13.2 Å². The number of carbonyl (C=O) groups is 1. The Hall–Kier alpha value is -2.53. The molecule has 0 aliphatic carbocycles. The summed E-state index contributed by atoms with van der Waals surface area (Å²) in [6, 6.07) is 10.4. The third-order valence-corrected chi connectivity index (χ3v) is 4.55. The molecule has 0 saturated carbocycles. The van der Waals surface area contributed by atoms with Gasteiger partial charge in [-0.3, -0.25) is 4.79 Å². The average molecular weight is 355 g/mol. The maximum atomic E-state index is 11.9. The molecule has 1 N–H and O–H groups in total. The number of hydrogen-bond acceptors (Lipinski definition) is 5. The number of furan rings is 1. The molecule has 3 aromatic rings. The van der Waals surface area contributed by atoms with E-state index in [2.05, 4.69) is 12.2 Å². The molecule has 26 heavy (non-hydrogen) atoms. The Labute approximate surface area is 153 Å². The average Bonchev–Trinajstić information content (AvgIpc) is 3.04. The van der Waals surface area contributed by atoms with E-state index in [0.717, 1.165) is 39.5 Å². The highest BCUT2D eigenvalue weighted by molar-refractivity contribution is 6.08. The van der Waals surface area contributed by atoms with Gasteiger partial charge < -0.3 is 19.2 Å². The van der Waals surface area contributed by atoms with E-state index >= 15 is 0 Å². The zero-order chi connectivity index (χ0) is 18.5. The van der Waals surface area contributed by atoms with Crippen LogP contribution in [0.2, 0.25) is 0 Å². The highest BCUT2D eigenvalue weighted by atomic mass is 16.5. The quantitative estimate of drug-likeness (QED) is 0.617. The number of benzene rings is 2. The molecule has 0 amide bonds. The largest absolute Gasteiger partial charge is 0.494 e. The van der Waals surface area contributed by atoms with Gasteiger partial charge in [0, 0.05) is 17.0 Å². The molecule has 0 bridgehead atoms. The normalized spacial score (nSPS) is 12.4. The van der Waals surface area contributed by atoms with Gasteiger partial charge in [0.1, 0.15) is 11.3 Å². The van der Waals surface area contributed by atoms with Crippen LogP contribution in [0.25, 0.3) is 21.7 Å². The van der Waals surface area contributed by atoms with Crippen molar-refractivity contribution < 1.29 is 18.7 Å². The predicted octanol–water partition coefficient (Wildman–Crippen LogP) is 4.07. The Morgan fingerprint density at radius 1 is 1.27 bits per heavy atom. The number of nitrogens with one attached hydrogen (secondary N) is 1. The van der Waals surface area contributed by atoms with Crippen LogP contribution in [-0.4, -0.2) is 32.3 Å². The smallest absolute Gasteiger partial charge is 0.310 e. The summed E-state index contributed by atoms with van der Waals surface area (Å²) in [5.41, 5.74) is 1.62. The molecule has 1 atom stereocenters. The van der Waals surface area contributed by atoms with Crippen LogP contribution in [0.1, 0.15) is 25.8 Å². The van der Waals surface area contributed by atoms with Crippen LogP contribution in [-0.2, 0) is 16.0 Å². The zero-order valence-corrected chi connectivity index (χ0v) is 15.5. The van der Waals surface area contributed by atoms with E-state index in [1.165, 1.54) is 0 Å². The minimum Gasteiger partial charge on any atom is -0.494 e. The molecule has 138 valence electrons. The molecule has 0 radical (unpaired) electrons. The number of fused-ring (bicyclic) bond motifs is 3. The van der Waals surface area contributed by atoms with Crippen molar-refractivity contribution in [1.29, 1.82) is 0 Å². The molecule has 2 aromatic carbocycles. The Morgan fingerprint density at radius 3 is 2.88 bits per heavy atom. The van der Waals surface area contributed by atoms with Gasteiger partial charge in [0.25, 0.3) is 0 Å². The molecule has 1 aromatic heterocycles. The van der Waals surface area contributed by atoms with E-state index in [1.807, 2.05) is 37.4 Å². The summed E-state index contributed by atoms with van der Waals surface area (Å²) < 4.78 is 16.6. The molecular weight excluding hydrogens is 330 g/mol. The van der Waals surface area contributed by atoms with Crippen LogP contribution in [0.15, 0.2) is 41.0 Å². The van der Waals surface area contributed by atoms with Gasteiger partial charge >= 0.3 is 5.97 Å². The van der Waals surface area contributed by atoms with Gasteiger partial charge in [0.05, 0.1) is 25.9 Å². The molecule has 5 heteroatoms. The molecule has 0 saturated heterocycles. The van der Waals surface area contributed by atoms with Crippen molar-refractivity contribution in [3.05, 3.63) is 42.2 Å². The maximum Gasteiger partial charge on any atom is 0.310 e. The Balaban J connectivity index is 1.86. The lowest BCUT2D eigenvalue weighted by Crippen LogP contribution is -2.23. The summed E-state index contributed by atoms with van der Waals surface area (Å²) >= 11 is 0. The van der Waals surface area contributed by atoms with E-state index in [9.17, 15) is 4.79 Å². The SMILES string of the molecule is CCOC(=O)Cc1coc2ccc3cc(OCCC(C)NC)ccc3c12. The van der Waals surface area contributed by atoms with Crippen LogP contribution in [0.3, 0.4) is 0 Å². The molecule has 0 aliphatic heterocycles. The first-order chi connectivity index (χ1) is 12.6. The zero-order valence-electron chi connectivity index (χ0n) is 15.5. The monoisotopic (exact) mass is 355 g/mol. The molecule has 1 heterocycles. The standard InChI is InChI=1S/C21H25NO4/c1-4-24-20(23)12-16-13-26-19-8-5-15-11-17(6-7-18(15)21(16)19)25-10-9-14(2)22-3/h5-8,11,13-14,22H,4,9-10,12H2,1-3H3. The van der Waals surface area contributed by atoms with Crippen LogP contribution < -0.4 is 10.1 Å². The lowest BCUT2D eigenvalue weighted by atomic mass is 10.0. The van der Waals surface area contributed by atoms with Gasteiger partial charge in [0.2, 0.25) is 0 Å². The van der Waals surface area contributed by atoms with Crippen LogP contribution in [0, 0.1) is 0 Å². The summed E-state index contributed by atoms with van der Waals surface area (Å²) in [5.74, 6) is 0.599. The minimum atomic E-state index is -0.245. The molecule has 5 nitrogen and oxygen atoms in total. The van der Waals surface area contributed by atoms with Crippen molar-refractivity contribution in [3.8, 4) is 5.75 Å². The maximum absolute atomic E-state index is 11.9. The molecular formula is C21H25NO4. The molecule has 0 spiro atoms. The van der Waals surface area contributed by atoms with Crippen LogP contribution in [0.5, 0.6) is 5.75 Å². The van der Waals surface area contributed by atoms with Crippen LogP contribution >= 0.6 is 0 Å². The number of esters is 1. The summed E-state index contributed by atoms with van der Waals surface area (Å²) in [6.07, 6.45) is 2.80. The van der Waals surface area contributed by atoms with E-state index in [-0.39, 0.29) is 12.4 Å². The number of rotatable bonds is 8.